The fourth-order valence-electron chi connectivity index (χ4n) is 2.24. The fourth-order valence-corrected chi connectivity index (χ4v) is 2.24. The van der Waals surface area contributed by atoms with E-state index >= 15 is 0 Å². The van der Waals surface area contributed by atoms with Gasteiger partial charge in [-0.1, -0.05) is 0 Å². The number of carbonyl (C=O) groups is 1. The van der Waals surface area contributed by atoms with Crippen LogP contribution >= 0.6 is 0 Å². The molecule has 0 bridgehead atoms. The van der Waals surface area contributed by atoms with Gasteiger partial charge in [-0.2, -0.15) is 0 Å². The standard InChI is InChI=1S/C17H22N4O5/c1-5-25-12-8-7-11(9-13(12)26-6-2)16(23)19-18-14-10-15(22)21(4)17(24)20(14)3/h7-10,18H,5-6H2,1-4H3,(H,19,23). The van der Waals surface area contributed by atoms with Crippen LogP contribution in [0, 0.1) is 0 Å². The first-order chi connectivity index (χ1) is 12.4. The third-order valence-corrected chi connectivity index (χ3v) is 3.64. The number of hydrogen-bond donors (Lipinski definition) is 2. The molecule has 9 nitrogen and oxygen atoms in total. The van der Waals surface area contributed by atoms with Gasteiger partial charge in [-0.15, -0.1) is 0 Å². The van der Waals surface area contributed by atoms with Gasteiger partial charge < -0.3 is 9.47 Å². The summed E-state index contributed by atoms with van der Waals surface area (Å²) in [6.45, 7) is 4.60. The van der Waals surface area contributed by atoms with Crippen LogP contribution in [0.15, 0.2) is 33.9 Å². The molecule has 0 unspecified atom stereocenters. The molecule has 0 saturated heterocycles. The van der Waals surface area contributed by atoms with E-state index in [0.29, 0.717) is 30.3 Å². The third-order valence-electron chi connectivity index (χ3n) is 3.64. The molecule has 0 aliphatic carbocycles. The van der Waals surface area contributed by atoms with Crippen LogP contribution in [0.4, 0.5) is 5.82 Å². The van der Waals surface area contributed by atoms with Crippen LogP contribution in [-0.2, 0) is 14.1 Å². The highest BCUT2D eigenvalue weighted by molar-refractivity contribution is 5.95. The van der Waals surface area contributed by atoms with Crippen molar-refractivity contribution in [2.75, 3.05) is 18.6 Å². The first-order valence-corrected chi connectivity index (χ1v) is 8.12. The van der Waals surface area contributed by atoms with Gasteiger partial charge in [0.1, 0.15) is 5.82 Å². The maximum atomic E-state index is 12.4. The topological polar surface area (TPSA) is 104 Å². The second-order valence-electron chi connectivity index (χ2n) is 5.38. The highest BCUT2D eigenvalue weighted by Crippen LogP contribution is 2.28. The molecular formula is C17H22N4O5. The molecule has 0 aliphatic heterocycles. The fraction of sp³-hybridized carbons (Fsp3) is 0.353. The highest BCUT2D eigenvalue weighted by Gasteiger charge is 2.12. The summed E-state index contributed by atoms with van der Waals surface area (Å²) in [6, 6.07) is 6.02. The Morgan fingerprint density at radius 1 is 1.00 bits per heavy atom. The monoisotopic (exact) mass is 362 g/mol. The summed E-state index contributed by atoms with van der Waals surface area (Å²) < 4.78 is 13.1. The Balaban J connectivity index is 2.19. The Kier molecular flexibility index (Phi) is 6.05. The lowest BCUT2D eigenvalue weighted by atomic mass is 10.2. The number of nitrogens with one attached hydrogen (secondary N) is 2. The predicted octanol–water partition coefficient (Wildman–Crippen LogP) is 0.638. The molecule has 1 aromatic carbocycles. The molecule has 1 heterocycles. The quantitative estimate of drug-likeness (QED) is 0.701. The summed E-state index contributed by atoms with van der Waals surface area (Å²) in [5.41, 5.74) is 4.39. The van der Waals surface area contributed by atoms with Crippen molar-refractivity contribution in [3.05, 3.63) is 50.7 Å². The maximum absolute atomic E-state index is 12.4. The van der Waals surface area contributed by atoms with Gasteiger partial charge in [-0.25, -0.2) is 4.79 Å². The lowest BCUT2D eigenvalue weighted by Crippen LogP contribution is -2.40. The molecule has 0 saturated carbocycles. The Morgan fingerprint density at radius 2 is 1.65 bits per heavy atom. The SMILES string of the molecule is CCOc1ccc(C(=O)NNc2cc(=O)n(C)c(=O)n2C)cc1OCC. The van der Waals surface area contributed by atoms with Crippen LogP contribution in [0.25, 0.3) is 0 Å². The molecule has 2 N–H and O–H groups in total. The molecule has 2 aromatic rings. The minimum atomic E-state index is -0.506. The van der Waals surface area contributed by atoms with Gasteiger partial charge in [0.15, 0.2) is 11.5 Å². The van der Waals surface area contributed by atoms with E-state index in [2.05, 4.69) is 10.9 Å². The molecule has 2 rings (SSSR count). The van der Waals surface area contributed by atoms with Crippen LogP contribution in [0.5, 0.6) is 11.5 Å². The molecule has 9 heteroatoms. The number of hydrazine groups is 1. The number of rotatable bonds is 7. The van der Waals surface area contributed by atoms with Crippen molar-refractivity contribution in [1.29, 1.82) is 0 Å². The van der Waals surface area contributed by atoms with Crippen molar-refractivity contribution < 1.29 is 14.3 Å². The van der Waals surface area contributed by atoms with E-state index in [0.717, 1.165) is 4.57 Å². The van der Waals surface area contributed by atoms with Crippen molar-refractivity contribution >= 4 is 11.7 Å². The molecule has 0 aliphatic rings. The summed E-state index contributed by atoms with van der Waals surface area (Å²) >= 11 is 0. The zero-order chi connectivity index (χ0) is 19.3. The number of anilines is 1. The summed E-state index contributed by atoms with van der Waals surface area (Å²) in [4.78, 5) is 35.9. The molecule has 0 fully saturated rings. The first-order valence-electron chi connectivity index (χ1n) is 8.12. The summed E-state index contributed by atoms with van der Waals surface area (Å²) in [6.07, 6.45) is 0. The zero-order valence-corrected chi connectivity index (χ0v) is 15.2. The van der Waals surface area contributed by atoms with E-state index < -0.39 is 17.2 Å². The van der Waals surface area contributed by atoms with Gasteiger partial charge in [-0.3, -0.25) is 29.6 Å². The Labute approximate surface area is 150 Å². The van der Waals surface area contributed by atoms with Crippen molar-refractivity contribution in [2.24, 2.45) is 14.1 Å². The van der Waals surface area contributed by atoms with Crippen molar-refractivity contribution in [3.63, 3.8) is 0 Å². The van der Waals surface area contributed by atoms with Crippen molar-refractivity contribution in [3.8, 4) is 11.5 Å². The number of amides is 1. The normalized spacial score (nSPS) is 10.3. The Hall–Kier alpha value is -3.23. The first kappa shape index (κ1) is 19.1. The number of ether oxygens (including phenoxy) is 2. The third kappa shape index (κ3) is 4.05. The van der Waals surface area contributed by atoms with Gasteiger partial charge in [0.05, 0.1) is 13.2 Å². The molecule has 26 heavy (non-hydrogen) atoms. The van der Waals surface area contributed by atoms with E-state index in [4.69, 9.17) is 9.47 Å². The molecule has 0 atom stereocenters. The minimum absolute atomic E-state index is 0.169. The summed E-state index contributed by atoms with van der Waals surface area (Å²) in [7, 11) is 2.86. The number of carbonyl (C=O) groups excluding carboxylic acids is 1. The van der Waals surface area contributed by atoms with Gasteiger partial charge in [0.2, 0.25) is 0 Å². The number of nitrogens with zero attached hydrogens (tertiary/aromatic N) is 2. The van der Waals surface area contributed by atoms with Gasteiger partial charge in [0.25, 0.3) is 11.5 Å². The average molecular weight is 362 g/mol. The van der Waals surface area contributed by atoms with Crippen LogP contribution in [-0.4, -0.2) is 28.3 Å². The lowest BCUT2D eigenvalue weighted by Gasteiger charge is -2.14. The summed E-state index contributed by atoms with van der Waals surface area (Å²) in [5.74, 6) is 0.723. The van der Waals surface area contributed by atoms with Gasteiger partial charge in [-0.05, 0) is 32.0 Å². The van der Waals surface area contributed by atoms with Crippen molar-refractivity contribution in [1.82, 2.24) is 14.6 Å². The van der Waals surface area contributed by atoms with Crippen LogP contribution in [0.3, 0.4) is 0 Å². The van der Waals surface area contributed by atoms with E-state index in [-0.39, 0.29) is 5.82 Å². The smallest absolute Gasteiger partial charge is 0.332 e. The Bertz CT molecular complexity index is 916. The van der Waals surface area contributed by atoms with Crippen LogP contribution < -0.4 is 31.6 Å². The largest absolute Gasteiger partial charge is 0.490 e. The zero-order valence-electron chi connectivity index (χ0n) is 15.2. The van der Waals surface area contributed by atoms with Crippen LogP contribution in [0.1, 0.15) is 24.2 Å². The van der Waals surface area contributed by atoms with E-state index in [1.54, 1.807) is 18.2 Å². The lowest BCUT2D eigenvalue weighted by molar-refractivity contribution is 0.0961. The number of aromatic nitrogens is 2. The van der Waals surface area contributed by atoms with E-state index in [1.165, 1.54) is 24.7 Å². The highest BCUT2D eigenvalue weighted by atomic mass is 16.5. The molecule has 140 valence electrons. The second-order valence-corrected chi connectivity index (χ2v) is 5.38. The summed E-state index contributed by atoms with van der Waals surface area (Å²) in [5, 5.41) is 0. The van der Waals surface area contributed by atoms with Gasteiger partial charge in [0, 0.05) is 25.7 Å². The molecule has 1 amide bonds. The predicted molar refractivity (Wildman–Crippen MR) is 96.8 cm³/mol. The number of hydrogen-bond acceptors (Lipinski definition) is 6. The molecule has 0 radical (unpaired) electrons. The maximum Gasteiger partial charge on any atom is 0.332 e. The van der Waals surface area contributed by atoms with Crippen molar-refractivity contribution in [2.45, 2.75) is 13.8 Å². The van der Waals surface area contributed by atoms with Gasteiger partial charge >= 0.3 is 5.69 Å². The van der Waals surface area contributed by atoms with E-state index in [1.807, 2.05) is 13.8 Å². The average Bonchev–Trinajstić information content (AvgIpc) is 2.63. The van der Waals surface area contributed by atoms with E-state index in [9.17, 15) is 14.4 Å². The molecule has 1 aromatic heterocycles. The minimum Gasteiger partial charge on any atom is -0.490 e. The second kappa shape index (κ2) is 8.24. The van der Waals surface area contributed by atoms with Crippen LogP contribution in [0.2, 0.25) is 0 Å². The molecule has 0 spiro atoms. The number of benzene rings is 1. The molecular weight excluding hydrogens is 340 g/mol. The Morgan fingerprint density at radius 3 is 2.31 bits per heavy atom.